The predicted molar refractivity (Wildman–Crippen MR) is 137 cm³/mol. The molecule has 0 atom stereocenters. The fraction of sp³-hybridized carbons (Fsp3) is 0.0417. The SMILES string of the molecule is Cc1cc(O)ccc1N=Nc1ccc(OC=Nc2ccc3cc(SOOO)cc(S(=O)(=O)O)c3c2)cc1. The van der Waals surface area contributed by atoms with Crippen LogP contribution in [-0.2, 0) is 19.5 Å². The van der Waals surface area contributed by atoms with E-state index < -0.39 is 10.1 Å². The largest absolute Gasteiger partial charge is 0.508 e. The predicted octanol–water partition coefficient (Wildman–Crippen LogP) is 6.68. The molecule has 0 fully saturated rings. The van der Waals surface area contributed by atoms with Crippen molar-refractivity contribution in [1.29, 1.82) is 0 Å². The molecule has 0 aliphatic carbocycles. The standard InChI is InChI=1S/C24H19N3O8S2/c1-15-10-19(28)6-9-23(15)27-26-17-4-7-20(8-5-17)33-14-25-18-3-2-16-11-21(36-35-34-29)13-24(22(16)12-18)37(30,31)32/h2-14,28-29H,1H3,(H,30,31,32). The molecule has 0 unspecified atom stereocenters. The summed E-state index contributed by atoms with van der Waals surface area (Å²) in [6.45, 7) is 1.82. The van der Waals surface area contributed by atoms with Crippen LogP contribution in [0.25, 0.3) is 10.8 Å². The van der Waals surface area contributed by atoms with E-state index in [-0.39, 0.29) is 20.9 Å². The molecule has 0 heterocycles. The number of aromatic hydroxyl groups is 1. The number of rotatable bonds is 9. The van der Waals surface area contributed by atoms with Crippen molar-refractivity contribution in [2.45, 2.75) is 16.7 Å². The fourth-order valence-electron chi connectivity index (χ4n) is 3.28. The molecule has 0 radical (unpaired) electrons. The summed E-state index contributed by atoms with van der Waals surface area (Å²) in [7, 11) is -4.57. The zero-order valence-corrected chi connectivity index (χ0v) is 20.7. The van der Waals surface area contributed by atoms with Gasteiger partial charge < -0.3 is 9.84 Å². The van der Waals surface area contributed by atoms with Gasteiger partial charge in [-0.15, -0.1) is 4.33 Å². The molecule has 0 bridgehead atoms. The van der Waals surface area contributed by atoms with Gasteiger partial charge in [0.1, 0.15) is 16.4 Å². The summed E-state index contributed by atoms with van der Waals surface area (Å²) in [5.74, 6) is 0.644. The van der Waals surface area contributed by atoms with E-state index in [0.29, 0.717) is 40.2 Å². The number of phenols is 1. The molecule has 0 saturated carbocycles. The number of hydrogen-bond acceptors (Lipinski definition) is 11. The summed E-state index contributed by atoms with van der Waals surface area (Å²) >= 11 is 0.566. The summed E-state index contributed by atoms with van der Waals surface area (Å²) in [6.07, 6.45) is 1.20. The third kappa shape index (κ3) is 6.89. The van der Waals surface area contributed by atoms with Crippen molar-refractivity contribution < 1.29 is 37.4 Å². The molecule has 4 rings (SSSR count). The Kier molecular flexibility index (Phi) is 8.13. The van der Waals surface area contributed by atoms with Crippen molar-refractivity contribution in [1.82, 2.24) is 0 Å². The number of aryl methyl sites for hydroxylation is 1. The van der Waals surface area contributed by atoms with E-state index in [2.05, 4.69) is 24.6 Å². The molecule has 3 N–H and O–H groups in total. The van der Waals surface area contributed by atoms with Crippen LogP contribution in [0.2, 0.25) is 0 Å². The number of nitrogens with zero attached hydrogens (tertiary/aromatic N) is 3. The zero-order valence-electron chi connectivity index (χ0n) is 19.0. The van der Waals surface area contributed by atoms with Crippen LogP contribution in [0.1, 0.15) is 5.56 Å². The van der Waals surface area contributed by atoms with Crippen molar-refractivity contribution in [3.8, 4) is 11.5 Å². The van der Waals surface area contributed by atoms with Crippen LogP contribution in [0.3, 0.4) is 0 Å². The maximum absolute atomic E-state index is 11.9. The van der Waals surface area contributed by atoms with Crippen molar-refractivity contribution >= 4 is 56.4 Å². The monoisotopic (exact) mass is 541 g/mol. The van der Waals surface area contributed by atoms with E-state index in [9.17, 15) is 18.1 Å². The lowest BCUT2D eigenvalue weighted by Crippen LogP contribution is -1.99. The number of hydrogen-bond donors (Lipinski definition) is 3. The molecule has 0 spiro atoms. The molecular formula is C24H19N3O8S2. The van der Waals surface area contributed by atoms with E-state index in [0.717, 1.165) is 5.56 Å². The van der Waals surface area contributed by atoms with Gasteiger partial charge in [-0.2, -0.15) is 18.6 Å². The highest BCUT2D eigenvalue weighted by Crippen LogP contribution is 2.33. The molecule has 13 heteroatoms. The first-order valence-electron chi connectivity index (χ1n) is 10.4. The van der Waals surface area contributed by atoms with Gasteiger partial charge in [-0.1, -0.05) is 11.1 Å². The van der Waals surface area contributed by atoms with Gasteiger partial charge in [0.25, 0.3) is 10.1 Å². The first kappa shape index (κ1) is 26.2. The lowest BCUT2D eigenvalue weighted by atomic mass is 10.1. The summed E-state index contributed by atoms with van der Waals surface area (Å²) in [5, 5.41) is 30.4. The first-order valence-corrected chi connectivity index (χ1v) is 12.6. The van der Waals surface area contributed by atoms with E-state index in [1.807, 2.05) is 6.92 Å². The van der Waals surface area contributed by atoms with Crippen LogP contribution in [0, 0.1) is 6.92 Å². The van der Waals surface area contributed by atoms with Gasteiger partial charge in [0.05, 0.1) is 29.1 Å². The Bertz CT molecular complexity index is 1590. The number of ether oxygens (including phenoxy) is 1. The number of aliphatic imine (C=N–C) groups is 1. The van der Waals surface area contributed by atoms with E-state index in [1.54, 1.807) is 54.6 Å². The normalized spacial score (nSPS) is 12.1. The van der Waals surface area contributed by atoms with Crippen LogP contribution in [0.5, 0.6) is 11.5 Å². The Balaban J connectivity index is 1.47. The van der Waals surface area contributed by atoms with Crippen LogP contribution < -0.4 is 4.74 Å². The fourth-order valence-corrected chi connectivity index (χ4v) is 4.54. The van der Waals surface area contributed by atoms with Crippen LogP contribution >= 0.6 is 12.0 Å². The Labute approximate surface area is 215 Å². The van der Waals surface area contributed by atoms with E-state index >= 15 is 0 Å². The average Bonchev–Trinajstić information content (AvgIpc) is 2.86. The smallest absolute Gasteiger partial charge is 0.295 e. The third-order valence-electron chi connectivity index (χ3n) is 4.99. The van der Waals surface area contributed by atoms with E-state index in [4.69, 9.17) is 9.99 Å². The summed E-state index contributed by atoms with van der Waals surface area (Å²) in [5.41, 5.74) is 2.40. The average molecular weight is 542 g/mol. The van der Waals surface area contributed by atoms with Gasteiger partial charge in [0.15, 0.2) is 6.40 Å². The van der Waals surface area contributed by atoms with Gasteiger partial charge in [0.2, 0.25) is 0 Å². The van der Waals surface area contributed by atoms with Crippen molar-refractivity contribution in [3.63, 3.8) is 0 Å². The highest BCUT2D eigenvalue weighted by atomic mass is 32.2. The lowest BCUT2D eigenvalue weighted by Gasteiger charge is -2.08. The Morgan fingerprint density at radius 3 is 2.38 bits per heavy atom. The summed E-state index contributed by atoms with van der Waals surface area (Å²) in [6, 6.07) is 19.1. The number of phenolic OH excluding ortho intramolecular Hbond substituents is 1. The number of azo groups is 1. The van der Waals surface area contributed by atoms with Crippen molar-refractivity contribution in [2.24, 2.45) is 15.2 Å². The molecule has 4 aromatic carbocycles. The molecule has 4 aromatic rings. The third-order valence-corrected chi connectivity index (χ3v) is 6.44. The Hall–Kier alpha value is -3.85. The van der Waals surface area contributed by atoms with Crippen LogP contribution in [-0.4, -0.2) is 29.7 Å². The minimum Gasteiger partial charge on any atom is -0.508 e. The second-order valence-electron chi connectivity index (χ2n) is 7.54. The number of fused-ring (bicyclic) bond motifs is 1. The van der Waals surface area contributed by atoms with Crippen molar-refractivity contribution in [3.05, 3.63) is 78.4 Å². The molecule has 0 aromatic heterocycles. The highest BCUT2D eigenvalue weighted by molar-refractivity contribution is 7.94. The van der Waals surface area contributed by atoms with Gasteiger partial charge in [-0.05, 0) is 84.6 Å². The molecule has 0 aliphatic heterocycles. The van der Waals surface area contributed by atoms with Crippen LogP contribution in [0.4, 0.5) is 17.1 Å². The first-order chi connectivity index (χ1) is 17.7. The minimum atomic E-state index is -4.57. The van der Waals surface area contributed by atoms with Gasteiger partial charge in [-0.3, -0.25) is 4.55 Å². The Morgan fingerprint density at radius 2 is 1.68 bits per heavy atom. The van der Waals surface area contributed by atoms with E-state index in [1.165, 1.54) is 24.6 Å². The maximum atomic E-state index is 11.9. The summed E-state index contributed by atoms with van der Waals surface area (Å²) in [4.78, 5) is 4.10. The highest BCUT2D eigenvalue weighted by Gasteiger charge is 2.17. The maximum Gasteiger partial charge on any atom is 0.295 e. The molecule has 0 aliphatic rings. The molecular weight excluding hydrogens is 522 g/mol. The zero-order chi connectivity index (χ0) is 26.4. The summed E-state index contributed by atoms with van der Waals surface area (Å²) < 4.78 is 43.3. The van der Waals surface area contributed by atoms with Gasteiger partial charge in [0, 0.05) is 10.3 Å². The second-order valence-corrected chi connectivity index (χ2v) is 9.71. The Morgan fingerprint density at radius 1 is 0.919 bits per heavy atom. The number of benzene rings is 4. The molecule has 37 heavy (non-hydrogen) atoms. The topological polar surface area (TPSA) is 160 Å². The molecule has 0 amide bonds. The second kappa shape index (κ2) is 11.5. The molecule has 11 nitrogen and oxygen atoms in total. The molecule has 190 valence electrons. The molecule has 0 saturated heterocycles. The lowest BCUT2D eigenvalue weighted by molar-refractivity contribution is -0.432. The van der Waals surface area contributed by atoms with Gasteiger partial charge >= 0.3 is 0 Å². The van der Waals surface area contributed by atoms with Crippen molar-refractivity contribution in [2.75, 3.05) is 0 Å². The van der Waals surface area contributed by atoms with Gasteiger partial charge in [-0.25, -0.2) is 10.2 Å². The quantitative estimate of drug-likeness (QED) is 0.0399. The van der Waals surface area contributed by atoms with Crippen LogP contribution in [0.15, 0.2) is 97.8 Å². The minimum absolute atomic E-state index is 0.162.